The van der Waals surface area contributed by atoms with Crippen molar-refractivity contribution < 1.29 is 9.21 Å². The fourth-order valence-electron chi connectivity index (χ4n) is 3.83. The van der Waals surface area contributed by atoms with Crippen molar-refractivity contribution in [1.82, 2.24) is 4.98 Å². The zero-order valence-electron chi connectivity index (χ0n) is 18.4. The van der Waals surface area contributed by atoms with Gasteiger partial charge in [-0.3, -0.25) is 0 Å². The van der Waals surface area contributed by atoms with Gasteiger partial charge in [-0.15, -0.1) is 0 Å². The molecule has 0 unspecified atom stereocenters. The predicted molar refractivity (Wildman–Crippen MR) is 133 cm³/mol. The van der Waals surface area contributed by atoms with E-state index >= 15 is 0 Å². The van der Waals surface area contributed by atoms with Crippen LogP contribution in [0.5, 0.6) is 0 Å². The summed E-state index contributed by atoms with van der Waals surface area (Å²) < 4.78 is 6.23. The van der Waals surface area contributed by atoms with Crippen LogP contribution in [0.1, 0.15) is 19.6 Å². The van der Waals surface area contributed by atoms with E-state index in [1.165, 1.54) is 0 Å². The van der Waals surface area contributed by atoms with Crippen molar-refractivity contribution >= 4 is 46.3 Å². The molecule has 0 spiro atoms. The van der Waals surface area contributed by atoms with E-state index in [9.17, 15) is 4.79 Å². The van der Waals surface area contributed by atoms with Crippen molar-refractivity contribution in [2.75, 3.05) is 19.0 Å². The molecule has 164 valence electrons. The summed E-state index contributed by atoms with van der Waals surface area (Å²) in [6.45, 7) is 3.79. The van der Waals surface area contributed by atoms with E-state index in [0.717, 1.165) is 45.5 Å². The molecular weight excluding hydrogens is 443 g/mol. The van der Waals surface area contributed by atoms with Crippen LogP contribution in [-0.2, 0) is 11.2 Å². The molecule has 0 atom stereocenters. The minimum absolute atomic E-state index is 0.470. The normalized spacial score (nSPS) is 11.7. The Hall–Kier alpha value is -2.82. The van der Waals surface area contributed by atoms with E-state index in [1.54, 1.807) is 0 Å². The quantitative estimate of drug-likeness (QED) is 0.279. The predicted octanol–water partition coefficient (Wildman–Crippen LogP) is 7.30. The first-order valence-electron chi connectivity index (χ1n) is 10.3. The standard InChI is InChI=1S/C26H24Cl2N2O2/c1-26(2,15-31)14-22-24(30(3)4)20-13-19(16-9-11-17(27)12-10-16)23(29-25(20)32-22)18-7-5-6-8-21(18)28/h5-13,15H,14H2,1-4H3. The summed E-state index contributed by atoms with van der Waals surface area (Å²) in [4.78, 5) is 18.5. The third-order valence-corrected chi connectivity index (χ3v) is 5.97. The Kier molecular flexibility index (Phi) is 6.02. The molecule has 0 radical (unpaired) electrons. The zero-order valence-corrected chi connectivity index (χ0v) is 20.0. The monoisotopic (exact) mass is 466 g/mol. The van der Waals surface area contributed by atoms with Gasteiger partial charge in [-0.05, 0) is 29.8 Å². The van der Waals surface area contributed by atoms with Crippen LogP contribution in [0.15, 0.2) is 59.0 Å². The number of furan rings is 1. The molecule has 4 rings (SSSR count). The summed E-state index contributed by atoms with van der Waals surface area (Å²) in [7, 11) is 3.93. The fraction of sp³-hybridized carbons (Fsp3) is 0.231. The minimum atomic E-state index is -0.552. The lowest BCUT2D eigenvalue weighted by molar-refractivity contribution is -0.114. The first-order valence-corrected chi connectivity index (χ1v) is 11.1. The molecule has 2 aromatic carbocycles. The van der Waals surface area contributed by atoms with Gasteiger partial charge in [0, 0.05) is 47.1 Å². The van der Waals surface area contributed by atoms with Crippen molar-refractivity contribution in [1.29, 1.82) is 0 Å². The molecule has 0 aliphatic heterocycles. The maximum atomic E-state index is 11.6. The van der Waals surface area contributed by atoms with Crippen LogP contribution in [0.25, 0.3) is 33.5 Å². The molecule has 0 aliphatic rings. The van der Waals surface area contributed by atoms with E-state index in [2.05, 4.69) is 6.07 Å². The third kappa shape index (κ3) is 4.25. The van der Waals surface area contributed by atoms with Crippen molar-refractivity contribution in [3.63, 3.8) is 0 Å². The number of carbonyl (C=O) groups is 1. The lowest BCUT2D eigenvalue weighted by Crippen LogP contribution is -2.18. The summed E-state index contributed by atoms with van der Waals surface area (Å²) in [5.41, 5.74) is 4.32. The van der Waals surface area contributed by atoms with Crippen molar-refractivity contribution in [2.45, 2.75) is 20.3 Å². The van der Waals surface area contributed by atoms with Gasteiger partial charge in [-0.25, -0.2) is 4.98 Å². The average molecular weight is 467 g/mol. The molecule has 0 aliphatic carbocycles. The van der Waals surface area contributed by atoms with Crippen LogP contribution >= 0.6 is 23.2 Å². The van der Waals surface area contributed by atoms with E-state index in [0.29, 0.717) is 22.2 Å². The third-order valence-electron chi connectivity index (χ3n) is 5.39. The molecule has 0 saturated carbocycles. The second-order valence-corrected chi connectivity index (χ2v) is 9.62. The van der Waals surface area contributed by atoms with Gasteiger partial charge in [0.1, 0.15) is 12.0 Å². The minimum Gasteiger partial charge on any atom is -0.440 e. The second kappa shape index (κ2) is 8.61. The highest BCUT2D eigenvalue weighted by Gasteiger charge is 2.26. The number of rotatable bonds is 6. The molecule has 0 amide bonds. The number of carbonyl (C=O) groups excluding carboxylic acids is 1. The number of aldehydes is 1. The van der Waals surface area contributed by atoms with Crippen LogP contribution in [-0.4, -0.2) is 25.4 Å². The number of anilines is 1. The van der Waals surface area contributed by atoms with Crippen LogP contribution in [0.2, 0.25) is 10.0 Å². The van der Waals surface area contributed by atoms with Crippen LogP contribution in [0, 0.1) is 5.41 Å². The molecule has 2 heterocycles. The number of aromatic nitrogens is 1. The Morgan fingerprint density at radius 1 is 1.03 bits per heavy atom. The van der Waals surface area contributed by atoms with Crippen LogP contribution < -0.4 is 4.90 Å². The largest absolute Gasteiger partial charge is 0.440 e. The fourth-order valence-corrected chi connectivity index (χ4v) is 4.18. The number of fused-ring (bicyclic) bond motifs is 1. The molecular formula is C26H24Cl2N2O2. The second-order valence-electron chi connectivity index (χ2n) is 8.78. The van der Waals surface area contributed by atoms with Gasteiger partial charge in [0.05, 0.1) is 16.8 Å². The Bertz CT molecular complexity index is 1290. The highest BCUT2D eigenvalue weighted by molar-refractivity contribution is 6.33. The van der Waals surface area contributed by atoms with Gasteiger partial charge in [-0.1, -0.05) is 67.4 Å². The van der Waals surface area contributed by atoms with E-state index in [4.69, 9.17) is 32.6 Å². The van der Waals surface area contributed by atoms with Gasteiger partial charge in [0.25, 0.3) is 0 Å². The van der Waals surface area contributed by atoms with E-state index in [-0.39, 0.29) is 0 Å². The molecule has 32 heavy (non-hydrogen) atoms. The SMILES string of the molecule is CN(C)c1c(CC(C)(C)C=O)oc2nc(-c3ccccc3Cl)c(-c3ccc(Cl)cc3)cc12. The van der Waals surface area contributed by atoms with Crippen LogP contribution in [0.3, 0.4) is 0 Å². The molecule has 0 fully saturated rings. The summed E-state index contributed by atoms with van der Waals surface area (Å²) in [6, 6.07) is 17.4. The maximum absolute atomic E-state index is 11.6. The number of nitrogens with zero attached hydrogens (tertiary/aromatic N) is 2. The number of benzene rings is 2. The highest BCUT2D eigenvalue weighted by Crippen LogP contribution is 2.42. The summed E-state index contributed by atoms with van der Waals surface area (Å²) >= 11 is 12.7. The van der Waals surface area contributed by atoms with Gasteiger partial charge in [-0.2, -0.15) is 0 Å². The van der Waals surface area contributed by atoms with Gasteiger partial charge < -0.3 is 14.1 Å². The Balaban J connectivity index is 2.03. The molecule has 4 nitrogen and oxygen atoms in total. The van der Waals surface area contributed by atoms with Gasteiger partial charge in [0.15, 0.2) is 0 Å². The summed E-state index contributed by atoms with van der Waals surface area (Å²) in [5.74, 6) is 0.730. The molecule has 6 heteroatoms. The van der Waals surface area contributed by atoms with E-state index < -0.39 is 5.41 Å². The van der Waals surface area contributed by atoms with Crippen molar-refractivity contribution in [3.05, 3.63) is 70.4 Å². The Morgan fingerprint density at radius 2 is 1.72 bits per heavy atom. The topological polar surface area (TPSA) is 46.3 Å². The lowest BCUT2D eigenvalue weighted by Gasteiger charge is -2.18. The van der Waals surface area contributed by atoms with Crippen LogP contribution in [0.4, 0.5) is 5.69 Å². The number of halogens is 2. The smallest absolute Gasteiger partial charge is 0.229 e. The maximum Gasteiger partial charge on any atom is 0.229 e. The molecule has 0 saturated heterocycles. The zero-order chi connectivity index (χ0) is 23.0. The van der Waals surface area contributed by atoms with Crippen molar-refractivity contribution in [2.24, 2.45) is 5.41 Å². The summed E-state index contributed by atoms with van der Waals surface area (Å²) in [6.07, 6.45) is 1.43. The molecule has 0 bridgehead atoms. The lowest BCUT2D eigenvalue weighted by atomic mass is 9.89. The van der Waals surface area contributed by atoms with E-state index in [1.807, 2.05) is 81.4 Å². The van der Waals surface area contributed by atoms with Gasteiger partial charge >= 0.3 is 0 Å². The number of hydrogen-bond acceptors (Lipinski definition) is 4. The first kappa shape index (κ1) is 22.4. The van der Waals surface area contributed by atoms with Gasteiger partial charge in [0.2, 0.25) is 5.71 Å². The number of hydrogen-bond donors (Lipinski definition) is 0. The average Bonchev–Trinajstić information content (AvgIpc) is 3.10. The highest BCUT2D eigenvalue weighted by atomic mass is 35.5. The Labute approximate surface area is 197 Å². The molecule has 4 aromatic rings. The first-order chi connectivity index (χ1) is 15.2. The molecule has 0 N–H and O–H groups in total. The van der Waals surface area contributed by atoms with Crippen molar-refractivity contribution in [3.8, 4) is 22.4 Å². The molecule has 2 aromatic heterocycles. The number of pyridine rings is 1. The Morgan fingerprint density at radius 3 is 2.34 bits per heavy atom. The summed E-state index contributed by atoms with van der Waals surface area (Å²) in [5, 5.41) is 2.15.